The summed E-state index contributed by atoms with van der Waals surface area (Å²) in [6.45, 7) is 13.2. The van der Waals surface area contributed by atoms with Crippen molar-refractivity contribution in [3.8, 4) is 0 Å². The van der Waals surface area contributed by atoms with Gasteiger partial charge in [-0.1, -0.05) is 20.8 Å². The van der Waals surface area contributed by atoms with Crippen LogP contribution in [0.2, 0.25) is 0 Å². The summed E-state index contributed by atoms with van der Waals surface area (Å²) in [4.78, 5) is 3.07. The van der Waals surface area contributed by atoms with E-state index in [1.165, 1.54) is 0 Å². The van der Waals surface area contributed by atoms with E-state index in [1.54, 1.807) is 27.7 Å². The minimum absolute atomic E-state index is 0.161. The van der Waals surface area contributed by atoms with Crippen molar-refractivity contribution in [3.63, 3.8) is 0 Å². The van der Waals surface area contributed by atoms with Crippen molar-refractivity contribution in [2.24, 2.45) is 0 Å². The van der Waals surface area contributed by atoms with E-state index in [9.17, 15) is 13.2 Å². The van der Waals surface area contributed by atoms with Gasteiger partial charge in [0.25, 0.3) is 0 Å². The van der Waals surface area contributed by atoms with Crippen molar-refractivity contribution >= 4 is 0 Å². The molecule has 0 amide bonds. The van der Waals surface area contributed by atoms with E-state index in [-0.39, 0.29) is 12.2 Å². The molecule has 0 unspecified atom stereocenters. The number of hydrogen-bond acceptors (Lipinski definition) is 1. The highest BCUT2D eigenvalue weighted by molar-refractivity contribution is 5.34. The Bertz CT molecular complexity index is 458. The largest absolute Gasteiger partial charge is 0.435 e. The Kier molecular flexibility index (Phi) is 3.24. The van der Waals surface area contributed by atoms with Crippen LogP contribution in [0.5, 0.6) is 0 Å². The first-order valence-electron chi connectivity index (χ1n) is 5.07. The van der Waals surface area contributed by atoms with Crippen LogP contribution in [0.4, 0.5) is 13.2 Å². The first kappa shape index (κ1) is 13.6. The lowest BCUT2D eigenvalue weighted by Gasteiger charge is -2.20. The Hall–Kier alpha value is -1.51. The summed E-state index contributed by atoms with van der Waals surface area (Å²) in [6.07, 6.45) is -4.49. The van der Waals surface area contributed by atoms with Gasteiger partial charge in [0.1, 0.15) is 0 Å². The summed E-state index contributed by atoms with van der Waals surface area (Å²) in [5, 5.41) is 3.52. The molecule has 0 bridgehead atoms. The molecule has 0 atom stereocenters. The molecule has 0 aliphatic carbocycles. The van der Waals surface area contributed by atoms with Crippen LogP contribution in [0.15, 0.2) is 0 Å². The Labute approximate surface area is 98.1 Å². The van der Waals surface area contributed by atoms with Crippen molar-refractivity contribution in [3.05, 3.63) is 28.4 Å². The van der Waals surface area contributed by atoms with E-state index >= 15 is 0 Å². The van der Waals surface area contributed by atoms with E-state index < -0.39 is 17.3 Å². The van der Waals surface area contributed by atoms with Crippen molar-refractivity contribution in [1.82, 2.24) is 9.78 Å². The van der Waals surface area contributed by atoms with Gasteiger partial charge in [0.15, 0.2) is 5.69 Å². The summed E-state index contributed by atoms with van der Waals surface area (Å²) < 4.78 is 39.7. The molecule has 1 aromatic rings. The molecule has 0 radical (unpaired) electrons. The lowest BCUT2D eigenvalue weighted by atomic mass is 9.85. The Morgan fingerprint density at radius 3 is 2.12 bits per heavy atom. The molecule has 1 aromatic heterocycles. The minimum Gasteiger partial charge on any atom is -0.291 e. The first-order chi connectivity index (χ1) is 7.59. The molecule has 0 saturated carbocycles. The summed E-state index contributed by atoms with van der Waals surface area (Å²) >= 11 is 0. The molecule has 0 saturated heterocycles. The molecule has 0 spiro atoms. The molecule has 94 valence electrons. The third kappa shape index (κ3) is 2.60. The van der Waals surface area contributed by atoms with Gasteiger partial charge in [-0.05, 0) is 12.3 Å². The third-order valence-electron chi connectivity index (χ3n) is 2.43. The molecule has 3 nitrogen and oxygen atoms in total. The summed E-state index contributed by atoms with van der Waals surface area (Å²) in [5.41, 5.74) is -0.976. The maximum atomic E-state index is 12.9. The second-order valence-electron chi connectivity index (χ2n) is 4.86. The summed E-state index contributed by atoms with van der Waals surface area (Å²) in [5.74, 6) is 0. The molecular weight excluding hydrogens is 231 g/mol. The zero-order valence-electron chi connectivity index (χ0n) is 10.2. The first-order valence-corrected chi connectivity index (χ1v) is 5.07. The molecule has 0 fully saturated rings. The number of rotatable bonds is 1. The van der Waals surface area contributed by atoms with E-state index in [4.69, 9.17) is 6.57 Å². The van der Waals surface area contributed by atoms with Crippen LogP contribution >= 0.6 is 0 Å². The van der Waals surface area contributed by atoms with Crippen molar-refractivity contribution in [2.45, 2.75) is 46.0 Å². The second-order valence-corrected chi connectivity index (χ2v) is 4.86. The van der Waals surface area contributed by atoms with Crippen LogP contribution in [-0.4, -0.2) is 9.78 Å². The molecule has 0 aliphatic rings. The maximum absolute atomic E-state index is 12.9. The van der Waals surface area contributed by atoms with Crippen LogP contribution in [0.1, 0.15) is 37.7 Å². The van der Waals surface area contributed by atoms with Gasteiger partial charge in [-0.3, -0.25) is 4.85 Å². The van der Waals surface area contributed by atoms with Gasteiger partial charge in [-0.15, -0.1) is 0 Å². The van der Waals surface area contributed by atoms with Gasteiger partial charge in [0, 0.05) is 11.3 Å². The zero-order valence-corrected chi connectivity index (χ0v) is 10.2. The van der Waals surface area contributed by atoms with Gasteiger partial charge in [0.2, 0.25) is 0 Å². The molecule has 17 heavy (non-hydrogen) atoms. The highest BCUT2D eigenvalue weighted by Gasteiger charge is 2.41. The average Bonchev–Trinajstić information content (AvgIpc) is 2.43. The number of halogens is 3. The molecule has 0 aromatic carbocycles. The summed E-state index contributed by atoms with van der Waals surface area (Å²) in [6, 6.07) is 0. The number of aromatic nitrogens is 2. The molecule has 0 N–H and O–H groups in total. The lowest BCUT2D eigenvalue weighted by Crippen LogP contribution is -2.19. The van der Waals surface area contributed by atoms with E-state index in [0.29, 0.717) is 5.69 Å². The van der Waals surface area contributed by atoms with Crippen LogP contribution in [0, 0.1) is 13.5 Å². The maximum Gasteiger partial charge on any atom is 0.435 e. The van der Waals surface area contributed by atoms with Gasteiger partial charge in [-0.2, -0.15) is 23.0 Å². The van der Waals surface area contributed by atoms with Crippen LogP contribution < -0.4 is 0 Å². The van der Waals surface area contributed by atoms with E-state index in [0.717, 1.165) is 4.68 Å². The molecule has 1 heterocycles. The molecular formula is C11H14F3N3. The van der Waals surface area contributed by atoms with Crippen molar-refractivity contribution in [2.75, 3.05) is 0 Å². The highest BCUT2D eigenvalue weighted by Crippen LogP contribution is 2.38. The molecule has 1 rings (SSSR count). The van der Waals surface area contributed by atoms with Crippen LogP contribution in [0.3, 0.4) is 0 Å². The quantitative estimate of drug-likeness (QED) is 0.695. The Morgan fingerprint density at radius 2 is 1.82 bits per heavy atom. The van der Waals surface area contributed by atoms with E-state index in [2.05, 4.69) is 9.94 Å². The number of nitrogens with zero attached hydrogens (tertiary/aromatic N) is 3. The van der Waals surface area contributed by atoms with Crippen molar-refractivity contribution < 1.29 is 13.2 Å². The smallest absolute Gasteiger partial charge is 0.291 e. The van der Waals surface area contributed by atoms with Gasteiger partial charge in [0.05, 0.1) is 0 Å². The number of hydrogen-bond donors (Lipinski definition) is 0. The fraction of sp³-hybridized carbons (Fsp3) is 0.636. The SMILES string of the molecule is [C-]#[N+]Cn1nc(C(F)(F)F)c(C(C)(C)C)c1C. The predicted octanol–water partition coefficient (Wildman–Crippen LogP) is 3.38. The molecule has 6 heteroatoms. The third-order valence-corrected chi connectivity index (χ3v) is 2.43. The standard InChI is InChI=1S/C11H14F3N3/c1-7-8(10(2,3)4)9(11(12,13)14)16-17(7)6-15-5/h6H2,1-4H3. The Balaban J connectivity index is 3.50. The topological polar surface area (TPSA) is 22.2 Å². The average molecular weight is 245 g/mol. The lowest BCUT2D eigenvalue weighted by molar-refractivity contribution is -0.142. The van der Waals surface area contributed by atoms with E-state index in [1.807, 2.05) is 0 Å². The molecule has 0 aliphatic heterocycles. The van der Waals surface area contributed by atoms with Crippen LogP contribution in [-0.2, 0) is 18.3 Å². The second kappa shape index (κ2) is 4.06. The van der Waals surface area contributed by atoms with Gasteiger partial charge < -0.3 is 0 Å². The fourth-order valence-electron chi connectivity index (χ4n) is 1.85. The highest BCUT2D eigenvalue weighted by atomic mass is 19.4. The van der Waals surface area contributed by atoms with Gasteiger partial charge >= 0.3 is 12.8 Å². The Morgan fingerprint density at radius 1 is 1.29 bits per heavy atom. The normalized spacial score (nSPS) is 12.6. The summed E-state index contributed by atoms with van der Waals surface area (Å²) in [7, 11) is 0. The van der Waals surface area contributed by atoms with Gasteiger partial charge in [-0.25, -0.2) is 6.57 Å². The number of alkyl halides is 3. The minimum atomic E-state index is -4.49. The fourth-order valence-corrected chi connectivity index (χ4v) is 1.85. The monoisotopic (exact) mass is 245 g/mol. The predicted molar refractivity (Wildman–Crippen MR) is 57.3 cm³/mol. The zero-order chi connectivity index (χ0) is 13.4. The van der Waals surface area contributed by atoms with Crippen molar-refractivity contribution in [1.29, 1.82) is 0 Å². The van der Waals surface area contributed by atoms with Crippen LogP contribution in [0.25, 0.3) is 4.85 Å².